The van der Waals surface area contributed by atoms with Crippen molar-refractivity contribution in [1.82, 2.24) is 20.2 Å². The van der Waals surface area contributed by atoms with Gasteiger partial charge in [-0.25, -0.2) is 4.98 Å². The molecule has 1 rings (SSSR count). The van der Waals surface area contributed by atoms with Gasteiger partial charge in [-0.15, -0.1) is 24.0 Å². The minimum Gasteiger partial charge on any atom is -0.382 e. The summed E-state index contributed by atoms with van der Waals surface area (Å²) >= 11 is 0. The van der Waals surface area contributed by atoms with Gasteiger partial charge < -0.3 is 24.7 Å². The van der Waals surface area contributed by atoms with Crippen LogP contribution in [0.15, 0.2) is 23.7 Å². The lowest BCUT2D eigenvalue weighted by Gasteiger charge is -2.12. The summed E-state index contributed by atoms with van der Waals surface area (Å²) in [4.78, 5) is 8.20. The summed E-state index contributed by atoms with van der Waals surface area (Å²) in [6.45, 7) is 4.70. The molecule has 8 heteroatoms. The van der Waals surface area contributed by atoms with E-state index in [4.69, 9.17) is 9.47 Å². The Morgan fingerprint density at radius 1 is 1.18 bits per heavy atom. The van der Waals surface area contributed by atoms with E-state index in [0.29, 0.717) is 13.2 Å². The zero-order valence-electron chi connectivity index (χ0n) is 13.5. The molecule has 0 bridgehead atoms. The SMILES string of the molecule is CN=C(NCCCOCCOC)NCCCn1ccnc1.I. The number of ether oxygens (including phenoxy) is 2. The zero-order valence-corrected chi connectivity index (χ0v) is 15.8. The predicted octanol–water partition coefficient (Wildman–Crippen LogP) is 1.11. The molecule has 0 aliphatic heterocycles. The Labute approximate surface area is 149 Å². The molecule has 0 spiro atoms. The van der Waals surface area contributed by atoms with Gasteiger partial charge in [-0.3, -0.25) is 4.99 Å². The van der Waals surface area contributed by atoms with Crippen LogP contribution in [0.4, 0.5) is 0 Å². The van der Waals surface area contributed by atoms with Crippen LogP contribution in [-0.2, 0) is 16.0 Å². The second-order valence-electron chi connectivity index (χ2n) is 4.54. The number of aryl methyl sites for hydroxylation is 1. The molecule has 1 aromatic heterocycles. The van der Waals surface area contributed by atoms with E-state index in [9.17, 15) is 0 Å². The number of halogens is 1. The summed E-state index contributed by atoms with van der Waals surface area (Å²) < 4.78 is 12.4. The molecule has 0 unspecified atom stereocenters. The Balaban J connectivity index is 0.00000441. The van der Waals surface area contributed by atoms with Gasteiger partial charge in [0, 0.05) is 52.8 Å². The Kier molecular flexibility index (Phi) is 14.4. The number of hydrogen-bond donors (Lipinski definition) is 2. The van der Waals surface area contributed by atoms with E-state index >= 15 is 0 Å². The van der Waals surface area contributed by atoms with Gasteiger partial charge in [-0.05, 0) is 12.8 Å². The molecule has 0 amide bonds. The third kappa shape index (κ3) is 10.8. The molecular weight excluding hydrogens is 397 g/mol. The summed E-state index contributed by atoms with van der Waals surface area (Å²) in [5, 5.41) is 6.55. The first-order chi connectivity index (χ1) is 10.4. The number of methoxy groups -OCH3 is 1. The molecule has 0 aromatic carbocycles. The fraction of sp³-hybridized carbons (Fsp3) is 0.714. The summed E-state index contributed by atoms with van der Waals surface area (Å²) in [5.74, 6) is 0.831. The topological polar surface area (TPSA) is 72.7 Å². The predicted molar refractivity (Wildman–Crippen MR) is 98.9 cm³/mol. The second-order valence-corrected chi connectivity index (χ2v) is 4.54. The molecule has 1 aromatic rings. The largest absolute Gasteiger partial charge is 0.382 e. The lowest BCUT2D eigenvalue weighted by Crippen LogP contribution is -2.38. The molecule has 22 heavy (non-hydrogen) atoms. The molecule has 0 radical (unpaired) electrons. The van der Waals surface area contributed by atoms with E-state index in [1.54, 1.807) is 20.4 Å². The van der Waals surface area contributed by atoms with Gasteiger partial charge in [0.05, 0.1) is 19.5 Å². The molecule has 0 fully saturated rings. The third-order valence-corrected chi connectivity index (χ3v) is 2.86. The number of nitrogens with one attached hydrogen (secondary N) is 2. The molecule has 0 aliphatic rings. The maximum Gasteiger partial charge on any atom is 0.190 e. The zero-order chi connectivity index (χ0) is 15.2. The Hall–Kier alpha value is -0.870. The first-order valence-electron chi connectivity index (χ1n) is 7.33. The summed E-state index contributed by atoms with van der Waals surface area (Å²) in [5.41, 5.74) is 0. The number of hydrogen-bond acceptors (Lipinski definition) is 4. The lowest BCUT2D eigenvalue weighted by atomic mass is 10.4. The van der Waals surface area contributed by atoms with E-state index in [1.165, 1.54) is 0 Å². The van der Waals surface area contributed by atoms with Crippen LogP contribution in [0.3, 0.4) is 0 Å². The van der Waals surface area contributed by atoms with Crippen molar-refractivity contribution < 1.29 is 9.47 Å². The number of aromatic nitrogens is 2. The van der Waals surface area contributed by atoms with E-state index in [-0.39, 0.29) is 24.0 Å². The van der Waals surface area contributed by atoms with Crippen LogP contribution in [0.5, 0.6) is 0 Å². The highest BCUT2D eigenvalue weighted by Gasteiger charge is 1.97. The quantitative estimate of drug-likeness (QED) is 0.241. The molecular formula is C14H28IN5O2. The van der Waals surface area contributed by atoms with E-state index in [2.05, 4.69) is 25.2 Å². The summed E-state index contributed by atoms with van der Waals surface area (Å²) in [6.07, 6.45) is 7.56. The number of aliphatic imine (C=N–C) groups is 1. The van der Waals surface area contributed by atoms with Crippen molar-refractivity contribution >= 4 is 29.9 Å². The van der Waals surface area contributed by atoms with Crippen LogP contribution >= 0.6 is 24.0 Å². The highest BCUT2D eigenvalue weighted by Crippen LogP contribution is 1.89. The summed E-state index contributed by atoms with van der Waals surface area (Å²) in [6, 6.07) is 0. The van der Waals surface area contributed by atoms with Gasteiger partial charge in [0.2, 0.25) is 0 Å². The van der Waals surface area contributed by atoms with Crippen molar-refractivity contribution in [2.45, 2.75) is 19.4 Å². The number of imidazole rings is 1. The Morgan fingerprint density at radius 3 is 2.59 bits per heavy atom. The molecule has 2 N–H and O–H groups in total. The van der Waals surface area contributed by atoms with Gasteiger partial charge in [0.15, 0.2) is 5.96 Å². The maximum absolute atomic E-state index is 5.40. The van der Waals surface area contributed by atoms with Crippen molar-refractivity contribution in [2.24, 2.45) is 4.99 Å². The minimum absolute atomic E-state index is 0. The molecule has 0 saturated carbocycles. The lowest BCUT2D eigenvalue weighted by molar-refractivity contribution is 0.0698. The van der Waals surface area contributed by atoms with Crippen molar-refractivity contribution in [2.75, 3.05) is 47.1 Å². The Bertz CT molecular complexity index is 373. The first kappa shape index (κ1) is 21.1. The third-order valence-electron chi connectivity index (χ3n) is 2.86. The van der Waals surface area contributed by atoms with Gasteiger partial charge in [-0.1, -0.05) is 0 Å². The Morgan fingerprint density at radius 2 is 1.95 bits per heavy atom. The van der Waals surface area contributed by atoms with Crippen molar-refractivity contribution in [1.29, 1.82) is 0 Å². The van der Waals surface area contributed by atoms with Crippen LogP contribution in [-0.4, -0.2) is 62.6 Å². The highest BCUT2D eigenvalue weighted by atomic mass is 127. The number of nitrogens with zero attached hydrogens (tertiary/aromatic N) is 3. The average molecular weight is 425 g/mol. The second kappa shape index (κ2) is 15.0. The molecule has 7 nitrogen and oxygen atoms in total. The van der Waals surface area contributed by atoms with Gasteiger partial charge in [0.25, 0.3) is 0 Å². The van der Waals surface area contributed by atoms with Crippen molar-refractivity contribution in [3.8, 4) is 0 Å². The maximum atomic E-state index is 5.40. The number of guanidine groups is 1. The van der Waals surface area contributed by atoms with Crippen LogP contribution < -0.4 is 10.6 Å². The fourth-order valence-electron chi connectivity index (χ4n) is 1.73. The highest BCUT2D eigenvalue weighted by molar-refractivity contribution is 14.0. The van der Waals surface area contributed by atoms with Crippen LogP contribution in [0, 0.1) is 0 Å². The first-order valence-corrected chi connectivity index (χ1v) is 7.33. The normalized spacial score (nSPS) is 11.1. The standard InChI is InChI=1S/C14H27N5O2.HI/c1-15-14(18-6-4-10-21-12-11-20-2)17-5-3-8-19-9-7-16-13-19;/h7,9,13H,3-6,8,10-12H2,1-2H3,(H2,15,17,18);1H. The molecule has 128 valence electrons. The van der Waals surface area contributed by atoms with Gasteiger partial charge in [-0.2, -0.15) is 0 Å². The van der Waals surface area contributed by atoms with Gasteiger partial charge in [0.1, 0.15) is 0 Å². The molecule has 0 aliphatic carbocycles. The summed E-state index contributed by atoms with van der Waals surface area (Å²) in [7, 11) is 3.45. The molecule has 0 saturated heterocycles. The average Bonchev–Trinajstić information content (AvgIpc) is 3.01. The van der Waals surface area contributed by atoms with Crippen LogP contribution in [0.25, 0.3) is 0 Å². The van der Waals surface area contributed by atoms with E-state index in [1.807, 2.05) is 12.5 Å². The van der Waals surface area contributed by atoms with Crippen LogP contribution in [0.2, 0.25) is 0 Å². The monoisotopic (exact) mass is 425 g/mol. The smallest absolute Gasteiger partial charge is 0.190 e. The van der Waals surface area contributed by atoms with Crippen molar-refractivity contribution in [3.05, 3.63) is 18.7 Å². The number of rotatable bonds is 11. The van der Waals surface area contributed by atoms with Gasteiger partial charge >= 0.3 is 0 Å². The minimum atomic E-state index is 0. The molecule has 1 heterocycles. The van der Waals surface area contributed by atoms with Crippen molar-refractivity contribution in [3.63, 3.8) is 0 Å². The van der Waals surface area contributed by atoms with Crippen LogP contribution in [0.1, 0.15) is 12.8 Å². The molecule has 0 atom stereocenters. The van der Waals surface area contributed by atoms with E-state index in [0.717, 1.165) is 45.0 Å². The van der Waals surface area contributed by atoms with E-state index < -0.39 is 0 Å². The fourth-order valence-corrected chi connectivity index (χ4v) is 1.73.